The second-order valence-corrected chi connectivity index (χ2v) is 6.68. The zero-order chi connectivity index (χ0) is 16.5. The van der Waals surface area contributed by atoms with Crippen molar-refractivity contribution in [2.75, 3.05) is 0 Å². The van der Waals surface area contributed by atoms with Gasteiger partial charge in [0.15, 0.2) is 5.58 Å². The molecule has 0 atom stereocenters. The van der Waals surface area contributed by atoms with Gasteiger partial charge in [-0.05, 0) is 29.0 Å². The van der Waals surface area contributed by atoms with Gasteiger partial charge in [-0.2, -0.15) is 0 Å². The van der Waals surface area contributed by atoms with E-state index < -0.39 is 0 Å². The van der Waals surface area contributed by atoms with E-state index >= 15 is 0 Å². The van der Waals surface area contributed by atoms with Gasteiger partial charge in [-0.1, -0.05) is 54.6 Å². The SMILES string of the molecule is Cn1c2ccccc2c2ccc3c(oc4ccc5ccccc5c43)c21. The molecule has 2 heterocycles. The van der Waals surface area contributed by atoms with E-state index in [9.17, 15) is 0 Å². The minimum absolute atomic E-state index is 0.950. The number of rotatable bonds is 0. The lowest BCUT2D eigenvalue weighted by atomic mass is 10.0. The first kappa shape index (κ1) is 13.1. The van der Waals surface area contributed by atoms with Gasteiger partial charge in [0.1, 0.15) is 5.58 Å². The molecule has 118 valence electrons. The molecule has 0 N–H and O–H groups in total. The zero-order valence-electron chi connectivity index (χ0n) is 13.8. The molecule has 0 aliphatic heterocycles. The van der Waals surface area contributed by atoms with Crippen LogP contribution < -0.4 is 0 Å². The molecule has 6 rings (SSSR count). The molecule has 0 fully saturated rings. The van der Waals surface area contributed by atoms with Crippen LogP contribution in [-0.4, -0.2) is 4.57 Å². The zero-order valence-corrected chi connectivity index (χ0v) is 13.8. The fourth-order valence-electron chi connectivity index (χ4n) is 4.26. The molecule has 0 saturated carbocycles. The summed E-state index contributed by atoms with van der Waals surface area (Å²) in [6.45, 7) is 0. The maximum atomic E-state index is 6.36. The van der Waals surface area contributed by atoms with Crippen LogP contribution in [0.1, 0.15) is 0 Å². The van der Waals surface area contributed by atoms with Gasteiger partial charge in [-0.15, -0.1) is 0 Å². The molecule has 0 saturated heterocycles. The van der Waals surface area contributed by atoms with Gasteiger partial charge in [0.25, 0.3) is 0 Å². The van der Waals surface area contributed by atoms with Crippen molar-refractivity contribution in [2.24, 2.45) is 7.05 Å². The summed E-state index contributed by atoms with van der Waals surface area (Å²) in [7, 11) is 2.12. The number of hydrogen-bond acceptors (Lipinski definition) is 1. The smallest absolute Gasteiger partial charge is 0.159 e. The van der Waals surface area contributed by atoms with Crippen molar-refractivity contribution >= 4 is 54.5 Å². The molecule has 2 aromatic heterocycles. The second kappa shape index (κ2) is 4.42. The van der Waals surface area contributed by atoms with Crippen molar-refractivity contribution in [2.45, 2.75) is 0 Å². The predicted octanol–water partition coefficient (Wildman–Crippen LogP) is 6.38. The van der Waals surface area contributed by atoms with Crippen LogP contribution >= 0.6 is 0 Å². The first-order chi connectivity index (χ1) is 12.3. The molecule has 0 amide bonds. The lowest BCUT2D eigenvalue weighted by Gasteiger charge is -1.99. The maximum absolute atomic E-state index is 6.36. The van der Waals surface area contributed by atoms with Crippen molar-refractivity contribution in [1.29, 1.82) is 0 Å². The monoisotopic (exact) mass is 321 g/mol. The Balaban J connectivity index is 1.93. The van der Waals surface area contributed by atoms with Crippen molar-refractivity contribution in [3.05, 3.63) is 72.8 Å². The topological polar surface area (TPSA) is 18.1 Å². The van der Waals surface area contributed by atoms with Crippen LogP contribution in [0.15, 0.2) is 77.2 Å². The molecule has 6 aromatic rings. The lowest BCUT2D eigenvalue weighted by molar-refractivity contribution is 0.670. The third kappa shape index (κ3) is 1.54. The van der Waals surface area contributed by atoms with Crippen LogP contribution in [0.2, 0.25) is 0 Å². The Morgan fingerprint density at radius 2 is 1.44 bits per heavy atom. The van der Waals surface area contributed by atoms with Crippen LogP contribution in [0.25, 0.3) is 54.5 Å². The summed E-state index contributed by atoms with van der Waals surface area (Å²) in [6.07, 6.45) is 0. The molecular weight excluding hydrogens is 306 g/mol. The number of hydrogen-bond donors (Lipinski definition) is 0. The molecule has 0 spiro atoms. The second-order valence-electron chi connectivity index (χ2n) is 6.68. The lowest BCUT2D eigenvalue weighted by Crippen LogP contribution is -1.86. The number of aryl methyl sites for hydroxylation is 1. The number of para-hydroxylation sites is 1. The van der Waals surface area contributed by atoms with Gasteiger partial charge in [-0.25, -0.2) is 0 Å². The summed E-state index contributed by atoms with van der Waals surface area (Å²) in [5.41, 5.74) is 4.32. The summed E-state index contributed by atoms with van der Waals surface area (Å²) in [5.74, 6) is 0. The predicted molar refractivity (Wildman–Crippen MR) is 105 cm³/mol. The highest BCUT2D eigenvalue weighted by Crippen LogP contribution is 2.40. The molecule has 0 unspecified atom stereocenters. The van der Waals surface area contributed by atoms with E-state index in [1.54, 1.807) is 0 Å². The average Bonchev–Trinajstić information content (AvgIpc) is 3.18. The van der Waals surface area contributed by atoms with Gasteiger partial charge in [-0.3, -0.25) is 0 Å². The van der Waals surface area contributed by atoms with Gasteiger partial charge in [0.05, 0.1) is 5.52 Å². The van der Waals surface area contributed by atoms with E-state index in [4.69, 9.17) is 4.42 Å². The van der Waals surface area contributed by atoms with Crippen LogP contribution in [0.5, 0.6) is 0 Å². The fourth-order valence-corrected chi connectivity index (χ4v) is 4.26. The normalized spacial score (nSPS) is 12.2. The quantitative estimate of drug-likeness (QED) is 0.317. The summed E-state index contributed by atoms with van der Waals surface area (Å²) >= 11 is 0. The largest absolute Gasteiger partial charge is 0.454 e. The Bertz CT molecular complexity index is 1450. The molecule has 0 aliphatic rings. The molecular formula is C23H15NO. The molecule has 0 radical (unpaired) electrons. The average molecular weight is 321 g/mol. The Labute approximate surface area is 143 Å². The third-order valence-electron chi connectivity index (χ3n) is 5.39. The summed E-state index contributed by atoms with van der Waals surface area (Å²) in [4.78, 5) is 0. The van der Waals surface area contributed by atoms with E-state index in [0.29, 0.717) is 0 Å². The van der Waals surface area contributed by atoms with Crippen LogP contribution in [0.4, 0.5) is 0 Å². The first-order valence-electron chi connectivity index (χ1n) is 8.53. The highest BCUT2D eigenvalue weighted by molar-refractivity contribution is 6.25. The van der Waals surface area contributed by atoms with Gasteiger partial charge >= 0.3 is 0 Å². The number of aromatic nitrogens is 1. The molecule has 0 aliphatic carbocycles. The van der Waals surface area contributed by atoms with E-state index in [-0.39, 0.29) is 0 Å². The standard InChI is InChI=1S/C23H15NO/c1-24-19-9-5-4-8-16(19)17-11-12-18-21-15-7-3-2-6-14(15)10-13-20(21)25-23(18)22(17)24/h2-13H,1H3. The molecule has 2 nitrogen and oxygen atoms in total. The number of furan rings is 1. The summed E-state index contributed by atoms with van der Waals surface area (Å²) in [6, 6.07) is 25.7. The Kier molecular flexibility index (Phi) is 2.31. The van der Waals surface area contributed by atoms with Crippen molar-refractivity contribution in [3.63, 3.8) is 0 Å². The Hall–Kier alpha value is -3.26. The van der Waals surface area contributed by atoms with Crippen LogP contribution in [0, 0.1) is 0 Å². The number of benzene rings is 4. The number of nitrogens with zero attached hydrogens (tertiary/aromatic N) is 1. The van der Waals surface area contributed by atoms with Gasteiger partial charge in [0, 0.05) is 34.1 Å². The van der Waals surface area contributed by atoms with Crippen molar-refractivity contribution in [3.8, 4) is 0 Å². The molecule has 4 aromatic carbocycles. The first-order valence-corrected chi connectivity index (χ1v) is 8.53. The molecule has 25 heavy (non-hydrogen) atoms. The van der Waals surface area contributed by atoms with E-state index in [1.807, 2.05) is 0 Å². The van der Waals surface area contributed by atoms with E-state index in [2.05, 4.69) is 84.4 Å². The van der Waals surface area contributed by atoms with Crippen molar-refractivity contribution < 1.29 is 4.42 Å². The van der Waals surface area contributed by atoms with Gasteiger partial charge in [0.2, 0.25) is 0 Å². The minimum atomic E-state index is 0.950. The molecule has 2 heteroatoms. The third-order valence-corrected chi connectivity index (χ3v) is 5.39. The van der Waals surface area contributed by atoms with Crippen molar-refractivity contribution in [1.82, 2.24) is 4.57 Å². The maximum Gasteiger partial charge on any atom is 0.159 e. The van der Waals surface area contributed by atoms with E-state index in [0.717, 1.165) is 11.2 Å². The van der Waals surface area contributed by atoms with E-state index in [1.165, 1.54) is 43.4 Å². The number of fused-ring (bicyclic) bond motifs is 9. The highest BCUT2D eigenvalue weighted by atomic mass is 16.3. The fraction of sp³-hybridized carbons (Fsp3) is 0.0435. The Morgan fingerprint density at radius 1 is 0.680 bits per heavy atom. The minimum Gasteiger partial charge on any atom is -0.454 e. The molecule has 0 bridgehead atoms. The summed E-state index contributed by atoms with van der Waals surface area (Å²) in [5, 5.41) is 7.40. The summed E-state index contributed by atoms with van der Waals surface area (Å²) < 4.78 is 8.61. The van der Waals surface area contributed by atoms with Crippen LogP contribution in [-0.2, 0) is 7.05 Å². The van der Waals surface area contributed by atoms with Gasteiger partial charge < -0.3 is 8.98 Å². The highest BCUT2D eigenvalue weighted by Gasteiger charge is 2.17. The van der Waals surface area contributed by atoms with Crippen LogP contribution in [0.3, 0.4) is 0 Å². The Morgan fingerprint density at radius 3 is 2.36 bits per heavy atom.